The minimum atomic E-state index is -0.524. The van der Waals surface area contributed by atoms with Gasteiger partial charge in [-0.3, -0.25) is 13.9 Å². The van der Waals surface area contributed by atoms with Crippen molar-refractivity contribution >= 4 is 5.82 Å². The van der Waals surface area contributed by atoms with Crippen LogP contribution in [0.3, 0.4) is 0 Å². The van der Waals surface area contributed by atoms with E-state index in [2.05, 4.69) is 0 Å². The Balaban J connectivity index is 2.67. The lowest BCUT2D eigenvalue weighted by molar-refractivity contribution is 0.614. The molecule has 1 heterocycles. The molecule has 0 radical (unpaired) electrons. The number of rotatable bonds is 3. The fourth-order valence-corrected chi connectivity index (χ4v) is 2.15. The summed E-state index contributed by atoms with van der Waals surface area (Å²) in [4.78, 5) is 25.7. The number of hydrogen-bond acceptors (Lipinski definition) is 4. The molecule has 114 valence electrons. The van der Waals surface area contributed by atoms with Crippen molar-refractivity contribution in [2.24, 2.45) is 7.05 Å². The van der Waals surface area contributed by atoms with Gasteiger partial charge in [-0.1, -0.05) is 0 Å². The number of hydrogen-bond donors (Lipinski definition) is 0. The Morgan fingerprint density at radius 3 is 2.55 bits per heavy atom. The Labute approximate surface area is 126 Å². The number of anilines is 1. The molecule has 0 unspecified atom stereocenters. The van der Waals surface area contributed by atoms with Crippen LogP contribution in [0.5, 0.6) is 0 Å². The SMILES string of the molecule is CN(C)c1cc(=O)n(C)c(=O)n1Cc1cc(F)ccc1C#N. The molecular weight excluding hydrogens is 287 g/mol. The van der Waals surface area contributed by atoms with Crippen LogP contribution in [-0.2, 0) is 13.6 Å². The van der Waals surface area contributed by atoms with Gasteiger partial charge in [0.15, 0.2) is 0 Å². The molecule has 22 heavy (non-hydrogen) atoms. The van der Waals surface area contributed by atoms with Gasteiger partial charge >= 0.3 is 5.69 Å². The Morgan fingerprint density at radius 1 is 1.27 bits per heavy atom. The second kappa shape index (κ2) is 5.85. The van der Waals surface area contributed by atoms with Gasteiger partial charge in [0.2, 0.25) is 0 Å². The molecule has 1 aromatic heterocycles. The van der Waals surface area contributed by atoms with Crippen molar-refractivity contribution in [3.8, 4) is 6.07 Å². The molecule has 1 aromatic carbocycles. The van der Waals surface area contributed by atoms with Gasteiger partial charge in [-0.2, -0.15) is 5.26 Å². The number of halogens is 1. The smallest absolute Gasteiger partial charge is 0.332 e. The van der Waals surface area contributed by atoms with Crippen molar-refractivity contribution in [2.45, 2.75) is 6.54 Å². The second-order valence-corrected chi connectivity index (χ2v) is 5.08. The second-order valence-electron chi connectivity index (χ2n) is 5.08. The number of benzene rings is 1. The Bertz CT molecular complexity index is 875. The molecule has 0 atom stereocenters. The molecule has 0 spiro atoms. The maximum atomic E-state index is 13.4. The predicted octanol–water partition coefficient (Wildman–Crippen LogP) is 0.672. The topological polar surface area (TPSA) is 71.0 Å². The molecule has 0 fully saturated rings. The third-order valence-corrected chi connectivity index (χ3v) is 3.35. The van der Waals surface area contributed by atoms with Crippen LogP contribution in [0.2, 0.25) is 0 Å². The molecule has 0 N–H and O–H groups in total. The van der Waals surface area contributed by atoms with Crippen LogP contribution < -0.4 is 16.1 Å². The summed E-state index contributed by atoms with van der Waals surface area (Å²) in [6.45, 7) is 0.00111. The number of nitrogens with zero attached hydrogens (tertiary/aromatic N) is 4. The van der Waals surface area contributed by atoms with E-state index in [-0.39, 0.29) is 12.1 Å². The largest absolute Gasteiger partial charge is 0.364 e. The number of nitriles is 1. The normalized spacial score (nSPS) is 10.3. The first-order valence-corrected chi connectivity index (χ1v) is 6.52. The Kier molecular flexibility index (Phi) is 4.13. The van der Waals surface area contributed by atoms with Gasteiger partial charge < -0.3 is 4.90 Å². The molecule has 0 bridgehead atoms. The van der Waals surface area contributed by atoms with Gasteiger partial charge in [-0.15, -0.1) is 0 Å². The first-order chi connectivity index (χ1) is 10.3. The predicted molar refractivity (Wildman–Crippen MR) is 80.5 cm³/mol. The van der Waals surface area contributed by atoms with E-state index in [1.54, 1.807) is 19.0 Å². The molecule has 2 aromatic rings. The summed E-state index contributed by atoms with van der Waals surface area (Å²) < 4.78 is 15.7. The van der Waals surface area contributed by atoms with Crippen LogP contribution in [-0.4, -0.2) is 23.2 Å². The molecule has 7 heteroatoms. The third kappa shape index (κ3) is 2.76. The summed E-state index contributed by atoms with van der Waals surface area (Å²) in [5.41, 5.74) is -0.285. The van der Waals surface area contributed by atoms with Crippen molar-refractivity contribution in [3.63, 3.8) is 0 Å². The maximum absolute atomic E-state index is 13.4. The van der Waals surface area contributed by atoms with E-state index < -0.39 is 17.1 Å². The van der Waals surface area contributed by atoms with Gasteiger partial charge in [-0.25, -0.2) is 9.18 Å². The lowest BCUT2D eigenvalue weighted by atomic mass is 10.1. The first-order valence-electron chi connectivity index (χ1n) is 6.52. The maximum Gasteiger partial charge on any atom is 0.332 e. The zero-order valence-corrected chi connectivity index (χ0v) is 12.5. The van der Waals surface area contributed by atoms with E-state index in [4.69, 9.17) is 5.26 Å². The summed E-state index contributed by atoms with van der Waals surface area (Å²) in [5.74, 6) is -0.0977. The van der Waals surface area contributed by atoms with E-state index in [9.17, 15) is 14.0 Å². The minimum absolute atomic E-state index is 0.00111. The molecule has 2 rings (SSSR count). The highest BCUT2D eigenvalue weighted by Crippen LogP contribution is 2.14. The monoisotopic (exact) mass is 302 g/mol. The first kappa shape index (κ1) is 15.5. The van der Waals surface area contributed by atoms with Gasteiger partial charge in [0.25, 0.3) is 5.56 Å². The van der Waals surface area contributed by atoms with E-state index in [0.29, 0.717) is 11.4 Å². The van der Waals surface area contributed by atoms with Crippen LogP contribution in [0, 0.1) is 17.1 Å². The molecule has 6 nitrogen and oxygen atoms in total. The standard InChI is InChI=1S/C15H15FN4O2/c1-18(2)13-7-14(21)19(3)15(22)20(13)9-11-6-12(16)5-4-10(11)8-17/h4-7H,9H2,1-3H3. The zero-order valence-electron chi connectivity index (χ0n) is 12.5. The molecule has 0 aliphatic carbocycles. The fourth-order valence-electron chi connectivity index (χ4n) is 2.15. The van der Waals surface area contributed by atoms with Crippen LogP contribution in [0.25, 0.3) is 0 Å². The summed E-state index contributed by atoms with van der Waals surface area (Å²) in [7, 11) is 4.76. The molecule has 0 amide bonds. The lowest BCUT2D eigenvalue weighted by Gasteiger charge is -2.20. The van der Waals surface area contributed by atoms with Crippen molar-refractivity contribution in [1.29, 1.82) is 5.26 Å². The average Bonchev–Trinajstić information content (AvgIpc) is 2.47. The number of aromatic nitrogens is 2. The van der Waals surface area contributed by atoms with E-state index in [1.807, 2.05) is 6.07 Å². The van der Waals surface area contributed by atoms with Gasteiger partial charge in [-0.05, 0) is 23.8 Å². The molecule has 0 aliphatic rings. The Morgan fingerprint density at radius 2 is 1.95 bits per heavy atom. The van der Waals surface area contributed by atoms with Crippen molar-refractivity contribution in [1.82, 2.24) is 9.13 Å². The molecule has 0 saturated heterocycles. The van der Waals surface area contributed by atoms with Crippen LogP contribution in [0.1, 0.15) is 11.1 Å². The van der Waals surface area contributed by atoms with E-state index in [0.717, 1.165) is 4.57 Å². The lowest BCUT2D eigenvalue weighted by Crippen LogP contribution is -2.40. The van der Waals surface area contributed by atoms with Crippen LogP contribution >= 0.6 is 0 Å². The summed E-state index contributed by atoms with van der Waals surface area (Å²) in [5, 5.41) is 9.11. The van der Waals surface area contributed by atoms with E-state index >= 15 is 0 Å². The van der Waals surface area contributed by atoms with E-state index in [1.165, 1.54) is 35.9 Å². The summed E-state index contributed by atoms with van der Waals surface area (Å²) >= 11 is 0. The van der Waals surface area contributed by atoms with Gasteiger partial charge in [0.05, 0.1) is 18.2 Å². The van der Waals surface area contributed by atoms with Crippen molar-refractivity contribution < 1.29 is 4.39 Å². The van der Waals surface area contributed by atoms with Gasteiger partial charge in [0, 0.05) is 27.2 Å². The minimum Gasteiger partial charge on any atom is -0.364 e. The average molecular weight is 302 g/mol. The highest BCUT2D eigenvalue weighted by atomic mass is 19.1. The molecule has 0 aliphatic heterocycles. The molecule has 0 saturated carbocycles. The fraction of sp³-hybridized carbons (Fsp3) is 0.267. The highest BCUT2D eigenvalue weighted by Gasteiger charge is 2.13. The summed E-state index contributed by atoms with van der Waals surface area (Å²) in [6, 6.07) is 7.08. The quantitative estimate of drug-likeness (QED) is 0.835. The van der Waals surface area contributed by atoms with Gasteiger partial charge in [0.1, 0.15) is 11.6 Å². The molecular formula is C15H15FN4O2. The van der Waals surface area contributed by atoms with Crippen LogP contribution in [0.4, 0.5) is 10.2 Å². The summed E-state index contributed by atoms with van der Waals surface area (Å²) in [6.07, 6.45) is 0. The van der Waals surface area contributed by atoms with Crippen molar-refractivity contribution in [3.05, 3.63) is 62.0 Å². The highest BCUT2D eigenvalue weighted by molar-refractivity contribution is 5.41. The van der Waals surface area contributed by atoms with Crippen molar-refractivity contribution in [2.75, 3.05) is 19.0 Å². The van der Waals surface area contributed by atoms with Crippen LogP contribution in [0.15, 0.2) is 33.9 Å². The third-order valence-electron chi connectivity index (χ3n) is 3.35. The Hall–Kier alpha value is -2.88. The zero-order chi connectivity index (χ0) is 16.4.